The summed E-state index contributed by atoms with van der Waals surface area (Å²) in [6.45, 7) is 2.82. The summed E-state index contributed by atoms with van der Waals surface area (Å²) >= 11 is 5.65. The molecule has 2 aromatic rings. The van der Waals surface area contributed by atoms with E-state index >= 15 is 0 Å². The number of hydrogen-bond acceptors (Lipinski definition) is 5. The van der Waals surface area contributed by atoms with Gasteiger partial charge in [-0.3, -0.25) is 9.69 Å². The second-order valence-electron chi connectivity index (χ2n) is 7.59. The lowest BCUT2D eigenvalue weighted by molar-refractivity contribution is -0.137. The van der Waals surface area contributed by atoms with Gasteiger partial charge in [0.25, 0.3) is 0 Å². The number of carbonyl (C=O) groups is 1. The number of methoxy groups -OCH3 is 2. The fourth-order valence-electron chi connectivity index (χ4n) is 3.70. The van der Waals surface area contributed by atoms with E-state index < -0.39 is 22.7 Å². The number of nitrogens with zero attached hydrogens (tertiary/aromatic N) is 1. The van der Waals surface area contributed by atoms with Gasteiger partial charge in [0.05, 0.1) is 44.1 Å². The van der Waals surface area contributed by atoms with Gasteiger partial charge in [0, 0.05) is 25.7 Å². The molecular formula is C24H26ClF3N2O4. The molecule has 1 amide bonds. The van der Waals surface area contributed by atoms with Crippen molar-refractivity contribution in [3.63, 3.8) is 0 Å². The van der Waals surface area contributed by atoms with E-state index in [1.807, 2.05) is 18.2 Å². The number of morpholine rings is 1. The van der Waals surface area contributed by atoms with Crippen LogP contribution in [0.5, 0.6) is 11.5 Å². The van der Waals surface area contributed by atoms with Crippen molar-refractivity contribution in [3.05, 3.63) is 64.2 Å². The van der Waals surface area contributed by atoms with Crippen molar-refractivity contribution in [1.29, 1.82) is 0 Å². The van der Waals surface area contributed by atoms with Gasteiger partial charge in [0.2, 0.25) is 5.91 Å². The molecule has 2 aromatic carbocycles. The van der Waals surface area contributed by atoms with Crippen molar-refractivity contribution >= 4 is 23.6 Å². The van der Waals surface area contributed by atoms with E-state index in [0.29, 0.717) is 37.8 Å². The summed E-state index contributed by atoms with van der Waals surface area (Å²) in [4.78, 5) is 14.7. The summed E-state index contributed by atoms with van der Waals surface area (Å²) in [7, 11) is 3.11. The van der Waals surface area contributed by atoms with Crippen molar-refractivity contribution in [2.45, 2.75) is 12.2 Å². The summed E-state index contributed by atoms with van der Waals surface area (Å²) < 4.78 is 55.3. The van der Waals surface area contributed by atoms with Crippen LogP contribution in [0, 0.1) is 0 Å². The number of nitrogens with one attached hydrogen (secondary N) is 1. The van der Waals surface area contributed by atoms with E-state index in [4.69, 9.17) is 25.8 Å². The molecule has 6 nitrogen and oxygen atoms in total. The van der Waals surface area contributed by atoms with Gasteiger partial charge in [0.15, 0.2) is 11.5 Å². The number of carbonyl (C=O) groups excluding carboxylic acids is 1. The Balaban J connectivity index is 1.73. The molecule has 1 aliphatic heterocycles. The molecule has 1 heterocycles. The van der Waals surface area contributed by atoms with Crippen molar-refractivity contribution < 1.29 is 32.2 Å². The lowest BCUT2D eigenvalue weighted by Gasteiger charge is -2.35. The Morgan fingerprint density at radius 2 is 1.85 bits per heavy atom. The normalized spacial score (nSPS) is 15.8. The zero-order chi connectivity index (χ0) is 24.7. The molecule has 1 N–H and O–H groups in total. The molecule has 1 fully saturated rings. The Bertz CT molecular complexity index is 1020. The first-order valence-electron chi connectivity index (χ1n) is 10.6. The standard InChI is InChI=1S/C24H26ClF3N2O4/c1-32-21-7-5-17(14-22(21)33-2)20(30-9-11-34-12-10-30)15-29-23(31)8-4-16-3-6-19(25)18(13-16)24(26,27)28/h3-8,13-14,20H,9-12,15H2,1-2H3,(H,29,31)/b8-4+. The Hall–Kier alpha value is -2.75. The number of benzene rings is 2. The highest BCUT2D eigenvalue weighted by Crippen LogP contribution is 2.35. The van der Waals surface area contributed by atoms with Crippen LogP contribution in [0.2, 0.25) is 5.02 Å². The van der Waals surface area contributed by atoms with Crippen molar-refractivity contribution in [2.75, 3.05) is 47.1 Å². The summed E-state index contributed by atoms with van der Waals surface area (Å²) in [5, 5.41) is 2.45. The van der Waals surface area contributed by atoms with Crippen molar-refractivity contribution in [3.8, 4) is 11.5 Å². The highest BCUT2D eigenvalue weighted by Gasteiger charge is 2.33. The van der Waals surface area contributed by atoms with E-state index in [9.17, 15) is 18.0 Å². The molecule has 1 unspecified atom stereocenters. The van der Waals surface area contributed by atoms with Crippen molar-refractivity contribution in [2.24, 2.45) is 0 Å². The summed E-state index contributed by atoms with van der Waals surface area (Å²) in [5.74, 6) is 0.745. The first-order valence-corrected chi connectivity index (χ1v) is 11.0. The van der Waals surface area contributed by atoms with E-state index in [-0.39, 0.29) is 18.2 Å². The van der Waals surface area contributed by atoms with Gasteiger partial charge in [-0.05, 0) is 41.5 Å². The van der Waals surface area contributed by atoms with Crippen LogP contribution in [0.3, 0.4) is 0 Å². The molecule has 0 bridgehead atoms. The second-order valence-corrected chi connectivity index (χ2v) is 8.00. The number of ether oxygens (including phenoxy) is 3. The first kappa shape index (κ1) is 25.9. The van der Waals surface area contributed by atoms with Crippen LogP contribution in [0.4, 0.5) is 13.2 Å². The van der Waals surface area contributed by atoms with Gasteiger partial charge >= 0.3 is 6.18 Å². The minimum atomic E-state index is -4.58. The van der Waals surface area contributed by atoms with E-state index in [1.54, 1.807) is 14.2 Å². The van der Waals surface area contributed by atoms with Crippen LogP contribution in [0.25, 0.3) is 6.08 Å². The predicted octanol–water partition coefficient (Wildman–Crippen LogP) is 4.58. The van der Waals surface area contributed by atoms with E-state index in [1.165, 1.54) is 18.2 Å². The van der Waals surface area contributed by atoms with Gasteiger partial charge in [-0.2, -0.15) is 13.2 Å². The van der Waals surface area contributed by atoms with Gasteiger partial charge in [-0.25, -0.2) is 0 Å². The van der Waals surface area contributed by atoms with Crippen molar-refractivity contribution in [1.82, 2.24) is 10.2 Å². The maximum absolute atomic E-state index is 13.1. The molecule has 0 saturated carbocycles. The molecule has 0 spiro atoms. The highest BCUT2D eigenvalue weighted by molar-refractivity contribution is 6.31. The monoisotopic (exact) mass is 498 g/mol. The fourth-order valence-corrected chi connectivity index (χ4v) is 3.92. The highest BCUT2D eigenvalue weighted by atomic mass is 35.5. The van der Waals surface area contributed by atoms with E-state index in [0.717, 1.165) is 17.7 Å². The van der Waals surface area contributed by atoms with Crippen LogP contribution >= 0.6 is 11.6 Å². The quantitative estimate of drug-likeness (QED) is 0.540. The molecular weight excluding hydrogens is 473 g/mol. The minimum Gasteiger partial charge on any atom is -0.493 e. The maximum Gasteiger partial charge on any atom is 0.417 e. The third-order valence-corrected chi connectivity index (χ3v) is 5.80. The van der Waals surface area contributed by atoms with Gasteiger partial charge in [-0.1, -0.05) is 23.7 Å². The molecule has 0 radical (unpaired) electrons. The Morgan fingerprint density at radius 3 is 2.50 bits per heavy atom. The second kappa shape index (κ2) is 11.6. The first-order chi connectivity index (χ1) is 16.2. The molecule has 3 rings (SSSR count). The van der Waals surface area contributed by atoms with Crippen LogP contribution in [-0.2, 0) is 15.7 Å². The van der Waals surface area contributed by atoms with Crippen LogP contribution < -0.4 is 14.8 Å². The smallest absolute Gasteiger partial charge is 0.417 e. The SMILES string of the molecule is COc1ccc(C(CNC(=O)/C=C/c2ccc(Cl)c(C(F)(F)F)c2)N2CCOCC2)cc1OC. The molecule has 10 heteroatoms. The molecule has 184 valence electrons. The summed E-state index contributed by atoms with van der Waals surface area (Å²) in [5.41, 5.74) is 0.199. The van der Waals surface area contributed by atoms with Gasteiger partial charge in [0.1, 0.15) is 0 Å². The number of rotatable bonds is 8. The lowest BCUT2D eigenvalue weighted by atomic mass is 10.0. The van der Waals surface area contributed by atoms with E-state index in [2.05, 4.69) is 10.2 Å². The average molecular weight is 499 g/mol. The molecule has 34 heavy (non-hydrogen) atoms. The molecule has 0 aliphatic carbocycles. The van der Waals surface area contributed by atoms with Crippen LogP contribution in [0.15, 0.2) is 42.5 Å². The Labute approximate surface area is 201 Å². The molecule has 1 aliphatic rings. The zero-order valence-corrected chi connectivity index (χ0v) is 19.6. The van der Waals surface area contributed by atoms with Gasteiger partial charge < -0.3 is 19.5 Å². The lowest BCUT2D eigenvalue weighted by Crippen LogP contribution is -2.43. The predicted molar refractivity (Wildman–Crippen MR) is 123 cm³/mol. The molecule has 1 atom stereocenters. The molecule has 0 aromatic heterocycles. The fraction of sp³-hybridized carbons (Fsp3) is 0.375. The third kappa shape index (κ3) is 6.65. The van der Waals surface area contributed by atoms with Crippen LogP contribution in [0.1, 0.15) is 22.7 Å². The minimum absolute atomic E-state index is 0.159. The largest absolute Gasteiger partial charge is 0.493 e. The summed E-state index contributed by atoms with van der Waals surface area (Å²) in [6, 6.07) is 8.92. The Morgan fingerprint density at radius 1 is 1.15 bits per heavy atom. The molecule has 1 saturated heterocycles. The number of hydrogen-bond donors (Lipinski definition) is 1. The number of halogens is 4. The zero-order valence-electron chi connectivity index (χ0n) is 18.8. The average Bonchev–Trinajstić information content (AvgIpc) is 2.83. The van der Waals surface area contributed by atoms with Gasteiger partial charge in [-0.15, -0.1) is 0 Å². The third-order valence-electron chi connectivity index (χ3n) is 5.47. The topological polar surface area (TPSA) is 60.0 Å². The number of amides is 1. The number of alkyl halides is 3. The maximum atomic E-state index is 13.1. The summed E-state index contributed by atoms with van der Waals surface area (Å²) in [6.07, 6.45) is -2.05. The Kier molecular flexibility index (Phi) is 8.82. The van der Waals surface area contributed by atoms with Crippen LogP contribution in [-0.4, -0.2) is 57.9 Å².